The van der Waals surface area contributed by atoms with Gasteiger partial charge in [0.05, 0.1) is 11.8 Å². The normalized spacial score (nSPS) is 13.5. The molecule has 4 rings (SSSR count). The molecule has 3 N–H and O–H groups in total. The van der Waals surface area contributed by atoms with Crippen molar-refractivity contribution in [3.63, 3.8) is 0 Å². The number of rotatable bonds is 10. The molecule has 6 nitrogen and oxygen atoms in total. The first-order chi connectivity index (χ1) is 17.4. The molecule has 3 aromatic rings. The van der Waals surface area contributed by atoms with E-state index in [9.17, 15) is 4.39 Å². The number of alkyl halides is 1. The van der Waals surface area contributed by atoms with Gasteiger partial charge in [-0.1, -0.05) is 38.3 Å². The predicted molar refractivity (Wildman–Crippen MR) is 148 cm³/mol. The lowest BCUT2D eigenvalue weighted by molar-refractivity contribution is 0.402. The second-order valence-corrected chi connectivity index (χ2v) is 8.77. The number of nitrogens with zero attached hydrogens (tertiary/aromatic N) is 3. The molecule has 0 bridgehead atoms. The van der Waals surface area contributed by atoms with Gasteiger partial charge in [0.2, 0.25) is 0 Å². The molecule has 0 fully saturated rings. The van der Waals surface area contributed by atoms with Crippen LogP contribution in [0.25, 0.3) is 17.5 Å². The maximum atomic E-state index is 14.0. The van der Waals surface area contributed by atoms with Gasteiger partial charge in [0.1, 0.15) is 5.82 Å². The molecule has 3 heterocycles. The maximum absolute atomic E-state index is 14.0. The Hall–Kier alpha value is -4.13. The molecular formula is C29H33FN6. The Kier molecular flexibility index (Phi) is 7.68. The SMILES string of the molecule is C=C(/C(=C\C)NC(=C)c1cnn2c1NCC=C2)c1cc(Cc2cncc(CC)c2)ccc1NC(C)F. The summed E-state index contributed by atoms with van der Waals surface area (Å²) in [6, 6.07) is 8.17. The zero-order valence-electron chi connectivity index (χ0n) is 21.1. The van der Waals surface area contributed by atoms with Gasteiger partial charge >= 0.3 is 0 Å². The van der Waals surface area contributed by atoms with Gasteiger partial charge in [0, 0.05) is 47.8 Å². The largest absolute Gasteiger partial charge is 0.366 e. The molecule has 0 radical (unpaired) electrons. The van der Waals surface area contributed by atoms with E-state index in [1.807, 2.05) is 49.8 Å². The molecule has 1 unspecified atom stereocenters. The molecule has 1 aliphatic rings. The van der Waals surface area contributed by atoms with Gasteiger partial charge < -0.3 is 16.0 Å². The number of hydrogen-bond donors (Lipinski definition) is 3. The van der Waals surface area contributed by atoms with Crippen LogP contribution in [0.1, 0.15) is 48.6 Å². The molecule has 1 atom stereocenters. The van der Waals surface area contributed by atoms with E-state index in [0.717, 1.165) is 58.7 Å². The maximum Gasteiger partial charge on any atom is 0.167 e. The van der Waals surface area contributed by atoms with Crippen molar-refractivity contribution in [3.8, 4) is 0 Å². The molecule has 7 heteroatoms. The second kappa shape index (κ2) is 11.1. The number of nitrogens with one attached hydrogen (secondary N) is 3. The highest BCUT2D eigenvalue weighted by Gasteiger charge is 2.18. The number of hydrogen-bond acceptors (Lipinski definition) is 5. The summed E-state index contributed by atoms with van der Waals surface area (Å²) in [5.41, 5.74) is 8.02. The van der Waals surface area contributed by atoms with E-state index in [-0.39, 0.29) is 0 Å². The Morgan fingerprint density at radius 3 is 2.72 bits per heavy atom. The van der Waals surface area contributed by atoms with E-state index in [1.165, 1.54) is 12.5 Å². The van der Waals surface area contributed by atoms with Gasteiger partial charge in [-0.3, -0.25) is 4.98 Å². The smallest absolute Gasteiger partial charge is 0.167 e. The van der Waals surface area contributed by atoms with E-state index in [2.05, 4.69) is 58.2 Å². The number of fused-ring (bicyclic) bond motifs is 1. The van der Waals surface area contributed by atoms with E-state index >= 15 is 0 Å². The third-order valence-corrected chi connectivity index (χ3v) is 6.09. The van der Waals surface area contributed by atoms with Crippen LogP contribution in [0.4, 0.5) is 15.9 Å². The fourth-order valence-electron chi connectivity index (χ4n) is 4.24. The number of halogens is 1. The molecular weight excluding hydrogens is 451 g/mol. The average Bonchev–Trinajstić information content (AvgIpc) is 3.32. The Labute approximate surface area is 212 Å². The van der Waals surface area contributed by atoms with E-state index in [4.69, 9.17) is 0 Å². The van der Waals surface area contributed by atoms with Crippen molar-refractivity contribution >= 4 is 29.0 Å². The quantitative estimate of drug-likeness (QED) is 0.235. The minimum absolute atomic E-state index is 0.681. The molecule has 0 aliphatic carbocycles. The Morgan fingerprint density at radius 2 is 1.97 bits per heavy atom. The monoisotopic (exact) mass is 484 g/mol. The first-order valence-corrected chi connectivity index (χ1v) is 12.2. The van der Waals surface area contributed by atoms with Crippen LogP contribution in [-0.2, 0) is 12.8 Å². The summed E-state index contributed by atoms with van der Waals surface area (Å²) < 4.78 is 15.8. The van der Waals surface area contributed by atoms with Crippen molar-refractivity contribution in [3.05, 3.63) is 102 Å². The van der Waals surface area contributed by atoms with Gasteiger partial charge in [-0.15, -0.1) is 0 Å². The predicted octanol–water partition coefficient (Wildman–Crippen LogP) is 6.23. The highest BCUT2D eigenvalue weighted by Crippen LogP contribution is 2.32. The zero-order chi connectivity index (χ0) is 25.7. The number of anilines is 2. The van der Waals surface area contributed by atoms with Crippen molar-refractivity contribution in [1.82, 2.24) is 20.1 Å². The molecule has 186 valence electrons. The lowest BCUT2D eigenvalue weighted by Gasteiger charge is -2.21. The summed E-state index contributed by atoms with van der Waals surface area (Å²) in [5.74, 6) is 0.884. The fourth-order valence-corrected chi connectivity index (χ4v) is 4.24. The summed E-state index contributed by atoms with van der Waals surface area (Å²) in [7, 11) is 0. The van der Waals surface area contributed by atoms with Crippen LogP contribution in [-0.4, -0.2) is 27.6 Å². The average molecular weight is 485 g/mol. The van der Waals surface area contributed by atoms with Crippen molar-refractivity contribution in [2.24, 2.45) is 0 Å². The van der Waals surface area contributed by atoms with Crippen molar-refractivity contribution in [2.75, 3.05) is 17.2 Å². The minimum Gasteiger partial charge on any atom is -0.366 e. The van der Waals surface area contributed by atoms with Crippen LogP contribution in [0.15, 0.2) is 73.9 Å². The molecule has 36 heavy (non-hydrogen) atoms. The third kappa shape index (κ3) is 5.57. The summed E-state index contributed by atoms with van der Waals surface area (Å²) in [6.07, 6.45) is 11.9. The van der Waals surface area contributed by atoms with Crippen LogP contribution in [0.5, 0.6) is 0 Å². The Bertz CT molecular complexity index is 1330. The van der Waals surface area contributed by atoms with E-state index in [0.29, 0.717) is 11.4 Å². The first-order valence-electron chi connectivity index (χ1n) is 12.2. The number of pyridine rings is 1. The van der Waals surface area contributed by atoms with Gasteiger partial charge in [0.25, 0.3) is 0 Å². The van der Waals surface area contributed by atoms with Crippen LogP contribution in [0, 0.1) is 0 Å². The first kappa shape index (κ1) is 25.0. The summed E-state index contributed by atoms with van der Waals surface area (Å²) >= 11 is 0. The highest BCUT2D eigenvalue weighted by molar-refractivity contribution is 5.87. The molecule has 1 aliphatic heterocycles. The molecule has 0 amide bonds. The minimum atomic E-state index is -1.21. The lowest BCUT2D eigenvalue weighted by atomic mass is 9.96. The highest BCUT2D eigenvalue weighted by atomic mass is 19.1. The fraction of sp³-hybridized carbons (Fsp3) is 0.241. The van der Waals surface area contributed by atoms with Gasteiger partial charge in [0.15, 0.2) is 6.30 Å². The Morgan fingerprint density at radius 1 is 1.17 bits per heavy atom. The van der Waals surface area contributed by atoms with Crippen LogP contribution in [0.3, 0.4) is 0 Å². The number of aromatic nitrogens is 3. The second-order valence-electron chi connectivity index (χ2n) is 8.77. The topological polar surface area (TPSA) is 66.8 Å². The van der Waals surface area contributed by atoms with Gasteiger partial charge in [-0.25, -0.2) is 9.07 Å². The molecule has 1 aromatic carbocycles. The van der Waals surface area contributed by atoms with E-state index < -0.39 is 6.30 Å². The molecule has 0 saturated carbocycles. The standard InChI is InChI=1S/C29H33FN6/c1-6-22-13-24(17-31-16-22)14-23-9-10-28(35-21(5)30)25(15-23)19(3)27(7-2)34-20(4)26-18-33-36-12-8-11-32-29(26)36/h7-10,12-13,15-18,21,32,34-35H,3-4,6,11,14H2,1-2,5H3/b27-7+. The van der Waals surface area contributed by atoms with Crippen LogP contribution >= 0.6 is 0 Å². The van der Waals surface area contributed by atoms with Crippen LogP contribution < -0.4 is 16.0 Å². The van der Waals surface area contributed by atoms with E-state index in [1.54, 1.807) is 10.9 Å². The molecule has 0 spiro atoms. The van der Waals surface area contributed by atoms with Crippen LogP contribution in [0.2, 0.25) is 0 Å². The Balaban J connectivity index is 1.61. The number of aryl methyl sites for hydroxylation is 1. The van der Waals surface area contributed by atoms with Crippen molar-refractivity contribution < 1.29 is 4.39 Å². The number of allylic oxidation sites excluding steroid dienone is 2. The zero-order valence-corrected chi connectivity index (χ0v) is 21.1. The van der Waals surface area contributed by atoms with Gasteiger partial charge in [-0.05, 0) is 67.2 Å². The third-order valence-electron chi connectivity index (χ3n) is 6.09. The summed E-state index contributed by atoms with van der Waals surface area (Å²) in [6.45, 7) is 14.9. The number of benzene rings is 1. The summed E-state index contributed by atoms with van der Waals surface area (Å²) in [4.78, 5) is 4.37. The molecule has 2 aromatic heterocycles. The lowest BCUT2D eigenvalue weighted by Crippen LogP contribution is -2.16. The summed E-state index contributed by atoms with van der Waals surface area (Å²) in [5, 5.41) is 14.0. The van der Waals surface area contributed by atoms with Crippen molar-refractivity contribution in [2.45, 2.75) is 39.9 Å². The molecule has 0 saturated heterocycles. The van der Waals surface area contributed by atoms with Gasteiger partial charge in [-0.2, -0.15) is 5.10 Å². The van der Waals surface area contributed by atoms with Crippen molar-refractivity contribution in [1.29, 1.82) is 0 Å².